The largest absolute Gasteiger partial charge is 0.350 e. The Bertz CT molecular complexity index is 1120. The van der Waals surface area contributed by atoms with E-state index in [-0.39, 0.29) is 6.54 Å². The molecule has 140 valence electrons. The van der Waals surface area contributed by atoms with Crippen molar-refractivity contribution in [1.82, 2.24) is 29.1 Å². The van der Waals surface area contributed by atoms with E-state index >= 15 is 0 Å². The fraction of sp³-hybridized carbons (Fsp3) is 0.368. The molecular weight excluding hydrogens is 345 g/mol. The maximum absolute atomic E-state index is 13.7. The first-order valence-corrected chi connectivity index (χ1v) is 8.97. The Morgan fingerprint density at radius 1 is 1.19 bits per heavy atom. The van der Waals surface area contributed by atoms with E-state index in [0.717, 1.165) is 40.3 Å². The third-order valence-electron chi connectivity index (χ3n) is 4.46. The SMILES string of the molecule is CCn1c(C)nc2ccc(-c3ccn4nc(NCC(C)(C)F)ncc34)nc21. The molecule has 8 heteroatoms. The number of pyridine rings is 1. The Kier molecular flexibility index (Phi) is 4.05. The molecule has 7 nitrogen and oxygen atoms in total. The van der Waals surface area contributed by atoms with Gasteiger partial charge in [0.1, 0.15) is 17.0 Å². The average molecular weight is 367 g/mol. The molecule has 0 amide bonds. The summed E-state index contributed by atoms with van der Waals surface area (Å²) in [4.78, 5) is 13.7. The van der Waals surface area contributed by atoms with E-state index in [1.54, 1.807) is 10.7 Å². The lowest BCUT2D eigenvalue weighted by atomic mass is 10.2. The van der Waals surface area contributed by atoms with Gasteiger partial charge in [0, 0.05) is 18.3 Å². The van der Waals surface area contributed by atoms with E-state index in [4.69, 9.17) is 4.98 Å². The smallest absolute Gasteiger partial charge is 0.241 e. The van der Waals surface area contributed by atoms with Crippen LogP contribution in [0.25, 0.3) is 27.9 Å². The molecule has 4 aromatic rings. The second-order valence-corrected chi connectivity index (χ2v) is 7.16. The van der Waals surface area contributed by atoms with Gasteiger partial charge in [0.25, 0.3) is 0 Å². The van der Waals surface area contributed by atoms with E-state index < -0.39 is 5.67 Å². The van der Waals surface area contributed by atoms with Crippen molar-refractivity contribution < 1.29 is 4.39 Å². The van der Waals surface area contributed by atoms with Crippen LogP contribution in [0.4, 0.5) is 10.3 Å². The van der Waals surface area contributed by atoms with E-state index in [2.05, 4.69) is 31.9 Å². The number of nitrogens with one attached hydrogen (secondary N) is 1. The van der Waals surface area contributed by atoms with Crippen LogP contribution in [0.2, 0.25) is 0 Å². The molecule has 4 heterocycles. The number of hydrogen-bond acceptors (Lipinski definition) is 5. The normalized spacial score (nSPS) is 12.2. The summed E-state index contributed by atoms with van der Waals surface area (Å²) in [5.41, 5.74) is 3.05. The second-order valence-electron chi connectivity index (χ2n) is 7.16. The minimum absolute atomic E-state index is 0.144. The van der Waals surface area contributed by atoms with Crippen molar-refractivity contribution in [3.05, 3.63) is 36.4 Å². The van der Waals surface area contributed by atoms with Crippen LogP contribution in [0.3, 0.4) is 0 Å². The zero-order chi connectivity index (χ0) is 19.2. The summed E-state index contributed by atoms with van der Waals surface area (Å²) >= 11 is 0. The van der Waals surface area contributed by atoms with Gasteiger partial charge in [0.2, 0.25) is 5.95 Å². The number of fused-ring (bicyclic) bond motifs is 2. The molecule has 0 aliphatic rings. The second kappa shape index (κ2) is 6.29. The first-order valence-electron chi connectivity index (χ1n) is 8.97. The molecule has 0 aliphatic carbocycles. The molecule has 0 fully saturated rings. The van der Waals surface area contributed by atoms with Gasteiger partial charge in [-0.15, -0.1) is 5.10 Å². The molecule has 4 rings (SSSR count). The molecule has 0 saturated heterocycles. The molecule has 0 aliphatic heterocycles. The number of hydrogen-bond donors (Lipinski definition) is 1. The van der Waals surface area contributed by atoms with Crippen LogP contribution in [0.1, 0.15) is 26.6 Å². The first-order chi connectivity index (χ1) is 12.9. The lowest BCUT2D eigenvalue weighted by Gasteiger charge is -2.14. The molecule has 4 aromatic heterocycles. The fourth-order valence-corrected chi connectivity index (χ4v) is 3.13. The number of imidazole rings is 1. The van der Waals surface area contributed by atoms with Gasteiger partial charge < -0.3 is 9.88 Å². The highest BCUT2D eigenvalue weighted by atomic mass is 19.1. The summed E-state index contributed by atoms with van der Waals surface area (Å²) < 4.78 is 17.5. The van der Waals surface area contributed by atoms with Crippen molar-refractivity contribution >= 4 is 22.6 Å². The summed E-state index contributed by atoms with van der Waals surface area (Å²) in [6.45, 7) is 8.05. The van der Waals surface area contributed by atoms with Crippen molar-refractivity contribution in [2.24, 2.45) is 0 Å². The fourth-order valence-electron chi connectivity index (χ4n) is 3.13. The molecular formula is C19H22FN7. The molecule has 27 heavy (non-hydrogen) atoms. The van der Waals surface area contributed by atoms with Gasteiger partial charge >= 0.3 is 0 Å². The van der Waals surface area contributed by atoms with Crippen LogP contribution in [-0.4, -0.2) is 41.3 Å². The van der Waals surface area contributed by atoms with Crippen molar-refractivity contribution in [2.45, 2.75) is 39.9 Å². The standard InChI is InChI=1S/C19H22FN7/c1-5-26-12(2)23-15-7-6-14(24-17(15)26)13-8-9-27-16(13)10-21-18(25-27)22-11-19(3,4)20/h6-10H,5,11H2,1-4H3,(H,22,25). The molecule has 0 atom stereocenters. The summed E-state index contributed by atoms with van der Waals surface area (Å²) in [7, 11) is 0. The van der Waals surface area contributed by atoms with Crippen LogP contribution in [0.15, 0.2) is 30.6 Å². The molecule has 0 bridgehead atoms. The van der Waals surface area contributed by atoms with Crippen molar-refractivity contribution in [3.63, 3.8) is 0 Å². The van der Waals surface area contributed by atoms with Crippen LogP contribution >= 0.6 is 0 Å². The topological polar surface area (TPSA) is 72.9 Å². The van der Waals surface area contributed by atoms with Gasteiger partial charge in [-0.25, -0.2) is 23.9 Å². The summed E-state index contributed by atoms with van der Waals surface area (Å²) in [5, 5.41) is 7.33. The quantitative estimate of drug-likeness (QED) is 0.583. The number of alkyl halides is 1. The van der Waals surface area contributed by atoms with Gasteiger partial charge in [-0.1, -0.05) is 0 Å². The Balaban J connectivity index is 1.73. The lowest BCUT2D eigenvalue weighted by molar-refractivity contribution is 0.234. The zero-order valence-electron chi connectivity index (χ0n) is 15.9. The van der Waals surface area contributed by atoms with Crippen molar-refractivity contribution in [3.8, 4) is 11.3 Å². The van der Waals surface area contributed by atoms with Gasteiger partial charge in [-0.3, -0.25) is 0 Å². The summed E-state index contributed by atoms with van der Waals surface area (Å²) in [5.74, 6) is 1.34. The highest BCUT2D eigenvalue weighted by Crippen LogP contribution is 2.26. The molecule has 0 saturated carbocycles. The van der Waals surface area contributed by atoms with Crippen molar-refractivity contribution in [1.29, 1.82) is 0 Å². The van der Waals surface area contributed by atoms with Crippen LogP contribution < -0.4 is 5.32 Å². The Labute approximate surface area is 156 Å². The summed E-state index contributed by atoms with van der Waals surface area (Å²) in [6, 6.07) is 5.91. The number of anilines is 1. The number of rotatable bonds is 5. The van der Waals surface area contributed by atoms with E-state index in [0.29, 0.717) is 5.95 Å². The summed E-state index contributed by atoms with van der Waals surface area (Å²) in [6.07, 6.45) is 3.58. The minimum atomic E-state index is -1.33. The molecule has 0 radical (unpaired) electrons. The van der Waals surface area contributed by atoms with Gasteiger partial charge in [0.05, 0.1) is 24.0 Å². The predicted molar refractivity (Wildman–Crippen MR) is 104 cm³/mol. The van der Waals surface area contributed by atoms with E-state index in [1.165, 1.54) is 13.8 Å². The first kappa shape index (κ1) is 17.4. The Hall–Kier alpha value is -3.03. The predicted octanol–water partition coefficient (Wildman–Crippen LogP) is 3.63. The maximum Gasteiger partial charge on any atom is 0.241 e. The lowest BCUT2D eigenvalue weighted by Crippen LogP contribution is -2.25. The third-order valence-corrected chi connectivity index (χ3v) is 4.46. The zero-order valence-corrected chi connectivity index (χ0v) is 15.9. The number of aryl methyl sites for hydroxylation is 2. The third kappa shape index (κ3) is 3.22. The molecule has 0 aromatic carbocycles. The Morgan fingerprint density at radius 3 is 2.74 bits per heavy atom. The Morgan fingerprint density at radius 2 is 2.00 bits per heavy atom. The average Bonchev–Trinajstić information content (AvgIpc) is 3.18. The van der Waals surface area contributed by atoms with Crippen LogP contribution in [0, 0.1) is 6.92 Å². The van der Waals surface area contributed by atoms with Crippen LogP contribution in [-0.2, 0) is 6.54 Å². The van der Waals surface area contributed by atoms with E-state index in [9.17, 15) is 4.39 Å². The monoisotopic (exact) mass is 367 g/mol. The van der Waals surface area contributed by atoms with Crippen molar-refractivity contribution in [2.75, 3.05) is 11.9 Å². The minimum Gasteiger partial charge on any atom is -0.350 e. The van der Waals surface area contributed by atoms with Crippen LogP contribution in [0.5, 0.6) is 0 Å². The number of aromatic nitrogens is 6. The number of nitrogens with zero attached hydrogens (tertiary/aromatic N) is 6. The number of halogens is 1. The molecule has 0 unspecified atom stereocenters. The van der Waals surface area contributed by atoms with E-state index in [1.807, 2.05) is 31.3 Å². The highest BCUT2D eigenvalue weighted by Gasteiger charge is 2.16. The highest BCUT2D eigenvalue weighted by molar-refractivity contribution is 5.82. The molecule has 1 N–H and O–H groups in total. The maximum atomic E-state index is 13.7. The van der Waals surface area contributed by atoms with Gasteiger partial charge in [-0.2, -0.15) is 0 Å². The van der Waals surface area contributed by atoms with Gasteiger partial charge in [-0.05, 0) is 45.9 Å². The van der Waals surface area contributed by atoms with Gasteiger partial charge in [0.15, 0.2) is 5.65 Å². The molecule has 0 spiro atoms.